The largest absolute Gasteiger partial charge is 0.478 e. The minimum absolute atomic E-state index is 0.139. The third-order valence-corrected chi connectivity index (χ3v) is 3.85. The Hall–Kier alpha value is -1.43. The highest BCUT2D eigenvalue weighted by molar-refractivity contribution is 8.03. The van der Waals surface area contributed by atoms with Crippen molar-refractivity contribution < 1.29 is 19.4 Å². The molecule has 6 heteroatoms. The van der Waals surface area contributed by atoms with Crippen LogP contribution in [-0.2, 0) is 14.3 Å². The number of carboxylic acids is 1. The fourth-order valence-electron chi connectivity index (χ4n) is 1.99. The van der Waals surface area contributed by atoms with Gasteiger partial charge in [0.1, 0.15) is 0 Å². The molecule has 0 spiro atoms. The summed E-state index contributed by atoms with van der Waals surface area (Å²) in [6, 6.07) is 0. The standard InChI is InChI=1S/C12H15NO4S/c1-7(2)17-12(16)9-3-4-13-8(5-10(14)15)6-18-11(9)13/h5,7H,3-4,6H2,1-2H3,(H,14,15). The first-order valence-electron chi connectivity index (χ1n) is 5.77. The Balaban J connectivity index is 2.19. The van der Waals surface area contributed by atoms with Crippen molar-refractivity contribution in [3.05, 3.63) is 22.4 Å². The second kappa shape index (κ2) is 5.06. The van der Waals surface area contributed by atoms with Gasteiger partial charge < -0.3 is 14.7 Å². The lowest BCUT2D eigenvalue weighted by atomic mass is 10.2. The zero-order valence-electron chi connectivity index (χ0n) is 10.3. The van der Waals surface area contributed by atoms with E-state index in [1.54, 1.807) is 0 Å². The number of hydrogen-bond donors (Lipinski definition) is 1. The van der Waals surface area contributed by atoms with Gasteiger partial charge in [0.15, 0.2) is 0 Å². The zero-order valence-corrected chi connectivity index (χ0v) is 11.1. The molecular weight excluding hydrogens is 254 g/mol. The third kappa shape index (κ3) is 2.53. The number of ether oxygens (including phenoxy) is 1. The lowest BCUT2D eigenvalue weighted by Gasteiger charge is -2.13. The maximum absolute atomic E-state index is 11.9. The summed E-state index contributed by atoms with van der Waals surface area (Å²) in [5.74, 6) is -0.642. The Morgan fingerprint density at radius 3 is 2.83 bits per heavy atom. The molecule has 1 N–H and O–H groups in total. The summed E-state index contributed by atoms with van der Waals surface area (Å²) in [4.78, 5) is 24.5. The fraction of sp³-hybridized carbons (Fsp3) is 0.500. The molecule has 5 nitrogen and oxygen atoms in total. The summed E-state index contributed by atoms with van der Waals surface area (Å²) >= 11 is 1.50. The molecule has 18 heavy (non-hydrogen) atoms. The second-order valence-corrected chi connectivity index (χ2v) is 5.37. The molecule has 1 fully saturated rings. The van der Waals surface area contributed by atoms with Gasteiger partial charge >= 0.3 is 11.9 Å². The van der Waals surface area contributed by atoms with E-state index >= 15 is 0 Å². The second-order valence-electron chi connectivity index (χ2n) is 4.40. The van der Waals surface area contributed by atoms with Crippen LogP contribution in [0.25, 0.3) is 0 Å². The average molecular weight is 269 g/mol. The van der Waals surface area contributed by atoms with Crippen LogP contribution in [0.3, 0.4) is 0 Å². The Morgan fingerprint density at radius 2 is 2.22 bits per heavy atom. The van der Waals surface area contributed by atoms with Crippen LogP contribution < -0.4 is 0 Å². The quantitative estimate of drug-likeness (QED) is 0.619. The van der Waals surface area contributed by atoms with Crippen molar-refractivity contribution in [2.75, 3.05) is 12.3 Å². The molecule has 2 aliphatic heterocycles. The van der Waals surface area contributed by atoms with Gasteiger partial charge in [-0.1, -0.05) is 0 Å². The number of fused-ring (bicyclic) bond motifs is 1. The van der Waals surface area contributed by atoms with Crippen molar-refractivity contribution in [3.8, 4) is 0 Å². The first kappa shape index (κ1) is 13.0. The molecule has 0 atom stereocenters. The number of nitrogens with zero attached hydrogens (tertiary/aromatic N) is 1. The van der Waals surface area contributed by atoms with E-state index in [0.717, 1.165) is 10.7 Å². The van der Waals surface area contributed by atoms with Crippen LogP contribution >= 0.6 is 11.8 Å². The van der Waals surface area contributed by atoms with Gasteiger partial charge in [-0.15, -0.1) is 11.8 Å². The van der Waals surface area contributed by atoms with E-state index < -0.39 is 5.97 Å². The number of thioether (sulfide) groups is 1. The summed E-state index contributed by atoms with van der Waals surface area (Å²) in [5.41, 5.74) is 1.41. The SMILES string of the molecule is CC(C)OC(=O)C1=C2SCC(=CC(=O)O)N2CC1. The normalized spacial score (nSPS) is 20.8. The first-order chi connectivity index (χ1) is 8.49. The Bertz CT molecular complexity index is 453. The van der Waals surface area contributed by atoms with E-state index in [9.17, 15) is 9.59 Å². The van der Waals surface area contributed by atoms with Gasteiger partial charge in [-0.3, -0.25) is 0 Å². The molecule has 0 aromatic rings. The monoisotopic (exact) mass is 269 g/mol. The lowest BCUT2D eigenvalue weighted by Crippen LogP contribution is -2.14. The molecule has 98 valence electrons. The average Bonchev–Trinajstić information content (AvgIpc) is 2.79. The molecule has 2 heterocycles. The number of carbonyl (C=O) groups is 2. The molecule has 2 aliphatic rings. The maximum atomic E-state index is 11.9. The number of aliphatic carboxylic acids is 1. The van der Waals surface area contributed by atoms with Crippen molar-refractivity contribution >= 4 is 23.7 Å². The summed E-state index contributed by atoms with van der Waals surface area (Å²) in [6.07, 6.45) is 1.68. The van der Waals surface area contributed by atoms with Gasteiger partial charge in [0, 0.05) is 30.5 Å². The molecule has 0 radical (unpaired) electrons. The van der Waals surface area contributed by atoms with E-state index in [1.165, 1.54) is 17.8 Å². The van der Waals surface area contributed by atoms with Gasteiger partial charge in [0.25, 0.3) is 0 Å². The Kier molecular flexibility index (Phi) is 3.65. The highest BCUT2D eigenvalue weighted by atomic mass is 32.2. The van der Waals surface area contributed by atoms with E-state index in [4.69, 9.17) is 9.84 Å². The Labute approximate surface area is 109 Å². The smallest absolute Gasteiger partial charge is 0.336 e. The van der Waals surface area contributed by atoms with Crippen molar-refractivity contribution in [2.24, 2.45) is 0 Å². The molecule has 0 aromatic heterocycles. The molecular formula is C12H15NO4S. The number of esters is 1. The molecule has 0 aromatic carbocycles. The van der Waals surface area contributed by atoms with Crippen molar-refractivity contribution in [1.29, 1.82) is 0 Å². The molecule has 0 bridgehead atoms. The number of rotatable bonds is 3. The van der Waals surface area contributed by atoms with Gasteiger partial charge in [-0.25, -0.2) is 9.59 Å². The van der Waals surface area contributed by atoms with Gasteiger partial charge in [0.2, 0.25) is 0 Å². The number of hydrogen-bond acceptors (Lipinski definition) is 5. The minimum atomic E-state index is -0.954. The van der Waals surface area contributed by atoms with Crippen molar-refractivity contribution in [1.82, 2.24) is 4.90 Å². The van der Waals surface area contributed by atoms with Gasteiger partial charge in [-0.2, -0.15) is 0 Å². The van der Waals surface area contributed by atoms with Crippen molar-refractivity contribution in [2.45, 2.75) is 26.4 Å². The lowest BCUT2D eigenvalue weighted by molar-refractivity contribution is -0.142. The Morgan fingerprint density at radius 1 is 1.50 bits per heavy atom. The topological polar surface area (TPSA) is 66.8 Å². The maximum Gasteiger partial charge on any atom is 0.336 e. The van der Waals surface area contributed by atoms with Crippen LogP contribution in [0, 0.1) is 0 Å². The van der Waals surface area contributed by atoms with Crippen LogP contribution in [-0.4, -0.2) is 40.3 Å². The summed E-state index contributed by atoms with van der Waals surface area (Å²) in [5, 5.41) is 9.62. The highest BCUT2D eigenvalue weighted by Gasteiger charge is 2.35. The van der Waals surface area contributed by atoms with Crippen LogP contribution in [0.2, 0.25) is 0 Å². The number of carboxylic acid groups (broad SMARTS) is 1. The van der Waals surface area contributed by atoms with Crippen LogP contribution in [0.5, 0.6) is 0 Å². The molecule has 0 saturated carbocycles. The first-order valence-corrected chi connectivity index (χ1v) is 6.75. The molecule has 1 saturated heterocycles. The summed E-state index contributed by atoms with van der Waals surface area (Å²) in [7, 11) is 0. The van der Waals surface area contributed by atoms with E-state index in [2.05, 4.69) is 0 Å². The summed E-state index contributed by atoms with van der Waals surface area (Å²) < 4.78 is 5.19. The molecule has 0 amide bonds. The van der Waals surface area contributed by atoms with Crippen LogP contribution in [0.4, 0.5) is 0 Å². The molecule has 0 aliphatic carbocycles. The third-order valence-electron chi connectivity index (χ3n) is 2.67. The zero-order chi connectivity index (χ0) is 13.3. The predicted molar refractivity (Wildman–Crippen MR) is 67.8 cm³/mol. The van der Waals surface area contributed by atoms with Gasteiger partial charge in [-0.05, 0) is 13.8 Å². The van der Waals surface area contributed by atoms with Crippen LogP contribution in [0.1, 0.15) is 20.3 Å². The fourth-order valence-corrected chi connectivity index (χ4v) is 3.24. The van der Waals surface area contributed by atoms with Crippen molar-refractivity contribution in [3.63, 3.8) is 0 Å². The van der Waals surface area contributed by atoms with E-state index in [-0.39, 0.29) is 12.1 Å². The van der Waals surface area contributed by atoms with Crippen LogP contribution in [0.15, 0.2) is 22.4 Å². The summed E-state index contributed by atoms with van der Waals surface area (Å²) in [6.45, 7) is 4.28. The molecule has 0 unspecified atom stereocenters. The predicted octanol–water partition coefficient (Wildman–Crippen LogP) is 1.57. The van der Waals surface area contributed by atoms with E-state index in [1.807, 2.05) is 18.7 Å². The van der Waals surface area contributed by atoms with Gasteiger partial charge in [0.05, 0.1) is 16.7 Å². The molecule has 2 rings (SSSR count). The highest BCUT2D eigenvalue weighted by Crippen LogP contribution is 2.42. The minimum Gasteiger partial charge on any atom is -0.478 e. The van der Waals surface area contributed by atoms with E-state index in [0.29, 0.717) is 24.3 Å². The number of carbonyl (C=O) groups excluding carboxylic acids is 1.